The van der Waals surface area contributed by atoms with Crippen LogP contribution in [-0.4, -0.2) is 30.7 Å². The molecule has 0 radical (unpaired) electrons. The van der Waals surface area contributed by atoms with Crippen LogP contribution in [0.15, 0.2) is 24.3 Å². The number of nitrogens with zero attached hydrogens (tertiary/aromatic N) is 2. The average Bonchev–Trinajstić information content (AvgIpc) is 2.30. The van der Waals surface area contributed by atoms with Crippen molar-refractivity contribution in [1.29, 1.82) is 5.26 Å². The van der Waals surface area contributed by atoms with Crippen LogP contribution in [0.4, 0.5) is 0 Å². The van der Waals surface area contributed by atoms with Gasteiger partial charge in [0.1, 0.15) is 6.04 Å². The number of rotatable bonds is 2. The lowest BCUT2D eigenvalue weighted by atomic mass is 10.0. The van der Waals surface area contributed by atoms with Gasteiger partial charge in [-0.2, -0.15) is 5.26 Å². The lowest BCUT2D eigenvalue weighted by molar-refractivity contribution is -0.0269. The van der Waals surface area contributed by atoms with Gasteiger partial charge in [-0.3, -0.25) is 4.90 Å². The van der Waals surface area contributed by atoms with Crippen LogP contribution in [0.1, 0.15) is 24.1 Å². The second kappa shape index (κ2) is 5.31. The third kappa shape index (κ3) is 2.85. The van der Waals surface area contributed by atoms with Crippen molar-refractivity contribution >= 4 is 0 Å². The Morgan fingerprint density at radius 1 is 1.53 bits per heavy atom. The van der Waals surface area contributed by atoms with Crippen molar-refractivity contribution in [3.05, 3.63) is 35.4 Å². The van der Waals surface area contributed by atoms with E-state index < -0.39 is 0 Å². The highest BCUT2D eigenvalue weighted by Crippen LogP contribution is 2.23. The van der Waals surface area contributed by atoms with Crippen LogP contribution in [0, 0.1) is 18.3 Å². The Balaban J connectivity index is 2.19. The smallest absolute Gasteiger partial charge is 0.124 e. The first-order valence-electron chi connectivity index (χ1n) is 6.02. The number of morpholine rings is 1. The standard InChI is InChI=1S/C14H18N2O/c1-11-4-3-5-13(8-11)14(9-15)16-6-7-17-12(2)10-16/h3-5,8,12,14H,6-7,10H2,1-2H3/t12-,14+/m0/s1. The number of nitriles is 1. The van der Waals surface area contributed by atoms with Crippen LogP contribution in [0.3, 0.4) is 0 Å². The molecule has 1 saturated heterocycles. The summed E-state index contributed by atoms with van der Waals surface area (Å²) >= 11 is 0. The largest absolute Gasteiger partial charge is 0.376 e. The summed E-state index contributed by atoms with van der Waals surface area (Å²) in [6, 6.07) is 10.4. The van der Waals surface area contributed by atoms with Crippen LogP contribution in [-0.2, 0) is 4.74 Å². The van der Waals surface area contributed by atoms with E-state index in [-0.39, 0.29) is 12.1 Å². The molecule has 0 amide bonds. The lowest BCUT2D eigenvalue weighted by Gasteiger charge is -2.34. The lowest BCUT2D eigenvalue weighted by Crippen LogP contribution is -2.42. The molecule has 3 heteroatoms. The van der Waals surface area contributed by atoms with Crippen molar-refractivity contribution in [3.8, 4) is 6.07 Å². The molecule has 0 saturated carbocycles. The van der Waals surface area contributed by atoms with E-state index in [1.165, 1.54) is 5.56 Å². The van der Waals surface area contributed by atoms with Gasteiger partial charge in [0, 0.05) is 13.1 Å². The Bertz CT molecular complexity index is 424. The van der Waals surface area contributed by atoms with Gasteiger partial charge >= 0.3 is 0 Å². The molecule has 0 aliphatic carbocycles. The Hall–Kier alpha value is -1.37. The van der Waals surface area contributed by atoms with E-state index in [2.05, 4.69) is 36.9 Å². The predicted molar refractivity (Wildman–Crippen MR) is 66.5 cm³/mol. The third-order valence-corrected chi connectivity index (χ3v) is 3.12. The zero-order valence-electron chi connectivity index (χ0n) is 10.4. The summed E-state index contributed by atoms with van der Waals surface area (Å²) in [4.78, 5) is 2.20. The van der Waals surface area contributed by atoms with Crippen LogP contribution >= 0.6 is 0 Å². The highest BCUT2D eigenvalue weighted by atomic mass is 16.5. The van der Waals surface area contributed by atoms with Gasteiger partial charge < -0.3 is 4.74 Å². The van der Waals surface area contributed by atoms with E-state index in [1.54, 1.807) is 0 Å². The van der Waals surface area contributed by atoms with E-state index in [0.717, 1.165) is 18.7 Å². The van der Waals surface area contributed by atoms with E-state index in [0.29, 0.717) is 6.61 Å². The molecular formula is C14H18N2O. The van der Waals surface area contributed by atoms with E-state index in [1.807, 2.05) is 12.1 Å². The maximum atomic E-state index is 9.38. The normalized spacial score (nSPS) is 23.0. The molecular weight excluding hydrogens is 212 g/mol. The molecule has 0 N–H and O–H groups in total. The van der Waals surface area contributed by atoms with Crippen molar-refractivity contribution in [2.75, 3.05) is 19.7 Å². The van der Waals surface area contributed by atoms with Gasteiger partial charge in [-0.15, -0.1) is 0 Å². The van der Waals surface area contributed by atoms with Gasteiger partial charge in [0.2, 0.25) is 0 Å². The average molecular weight is 230 g/mol. The molecule has 3 nitrogen and oxygen atoms in total. The molecule has 1 aliphatic heterocycles. The summed E-state index contributed by atoms with van der Waals surface area (Å²) in [7, 11) is 0. The minimum atomic E-state index is -0.152. The summed E-state index contributed by atoms with van der Waals surface area (Å²) in [6.07, 6.45) is 0.212. The van der Waals surface area contributed by atoms with Crippen molar-refractivity contribution in [1.82, 2.24) is 4.90 Å². The number of aryl methyl sites for hydroxylation is 1. The fraction of sp³-hybridized carbons (Fsp3) is 0.500. The third-order valence-electron chi connectivity index (χ3n) is 3.12. The zero-order chi connectivity index (χ0) is 12.3. The van der Waals surface area contributed by atoms with Crippen LogP contribution < -0.4 is 0 Å². The van der Waals surface area contributed by atoms with Crippen LogP contribution in [0.2, 0.25) is 0 Å². The van der Waals surface area contributed by atoms with E-state index >= 15 is 0 Å². The number of hydrogen-bond donors (Lipinski definition) is 0. The maximum absolute atomic E-state index is 9.38. The Morgan fingerprint density at radius 2 is 2.35 bits per heavy atom. The second-order valence-electron chi connectivity index (χ2n) is 4.62. The summed E-state index contributed by atoms with van der Waals surface area (Å²) in [5.74, 6) is 0. The number of ether oxygens (including phenoxy) is 1. The molecule has 1 heterocycles. The van der Waals surface area contributed by atoms with Crippen molar-refractivity contribution in [3.63, 3.8) is 0 Å². The Morgan fingerprint density at radius 3 is 3.00 bits per heavy atom. The topological polar surface area (TPSA) is 36.3 Å². The van der Waals surface area contributed by atoms with Crippen molar-refractivity contribution in [2.45, 2.75) is 26.0 Å². The molecule has 1 aromatic rings. The van der Waals surface area contributed by atoms with Gasteiger partial charge in [-0.05, 0) is 19.4 Å². The molecule has 1 aliphatic rings. The van der Waals surface area contributed by atoms with Gasteiger partial charge in [-0.25, -0.2) is 0 Å². The minimum Gasteiger partial charge on any atom is -0.376 e. The predicted octanol–water partition coefficient (Wildman–Crippen LogP) is 2.28. The molecule has 1 fully saturated rings. The van der Waals surface area contributed by atoms with Crippen molar-refractivity contribution < 1.29 is 4.74 Å². The van der Waals surface area contributed by atoms with Gasteiger partial charge in [-0.1, -0.05) is 29.8 Å². The summed E-state index contributed by atoms with van der Waals surface area (Å²) in [6.45, 7) is 6.48. The Kier molecular flexibility index (Phi) is 3.78. The summed E-state index contributed by atoms with van der Waals surface area (Å²) in [5, 5.41) is 9.38. The maximum Gasteiger partial charge on any atom is 0.124 e. The van der Waals surface area contributed by atoms with Crippen molar-refractivity contribution in [2.24, 2.45) is 0 Å². The summed E-state index contributed by atoms with van der Waals surface area (Å²) in [5.41, 5.74) is 2.28. The molecule has 2 atom stereocenters. The molecule has 2 rings (SSSR count). The van der Waals surface area contributed by atoms with Gasteiger partial charge in [0.25, 0.3) is 0 Å². The second-order valence-corrected chi connectivity index (χ2v) is 4.62. The zero-order valence-corrected chi connectivity index (χ0v) is 10.4. The van der Waals surface area contributed by atoms with Crippen LogP contribution in [0.5, 0.6) is 0 Å². The quantitative estimate of drug-likeness (QED) is 0.782. The monoisotopic (exact) mass is 230 g/mol. The van der Waals surface area contributed by atoms with E-state index in [4.69, 9.17) is 4.74 Å². The molecule has 0 spiro atoms. The molecule has 90 valence electrons. The first kappa shape index (κ1) is 12.1. The molecule has 0 unspecified atom stereocenters. The number of hydrogen-bond acceptors (Lipinski definition) is 3. The number of benzene rings is 1. The van der Waals surface area contributed by atoms with Crippen LogP contribution in [0.25, 0.3) is 0 Å². The summed E-state index contributed by atoms with van der Waals surface area (Å²) < 4.78 is 5.51. The molecule has 1 aromatic carbocycles. The molecule has 0 bridgehead atoms. The first-order valence-corrected chi connectivity index (χ1v) is 6.02. The van der Waals surface area contributed by atoms with Gasteiger partial charge in [0.15, 0.2) is 0 Å². The molecule has 17 heavy (non-hydrogen) atoms. The fourth-order valence-electron chi connectivity index (χ4n) is 2.29. The minimum absolute atomic E-state index is 0.152. The fourth-order valence-corrected chi connectivity index (χ4v) is 2.29. The van der Waals surface area contributed by atoms with E-state index in [9.17, 15) is 5.26 Å². The highest BCUT2D eigenvalue weighted by Gasteiger charge is 2.25. The first-order chi connectivity index (χ1) is 8.20. The SMILES string of the molecule is Cc1cccc([C@@H](C#N)N2CCO[C@@H](C)C2)c1. The van der Waals surface area contributed by atoms with Gasteiger partial charge in [0.05, 0.1) is 18.8 Å². The molecule has 0 aromatic heterocycles. The highest BCUT2D eigenvalue weighted by molar-refractivity contribution is 5.28. The Labute approximate surface area is 103 Å².